The number of rotatable bonds is 3. The maximum absolute atomic E-state index is 4.53. The third-order valence-corrected chi connectivity index (χ3v) is 3.01. The van der Waals surface area contributed by atoms with Crippen LogP contribution in [-0.4, -0.2) is 15.6 Å². The predicted octanol–water partition coefficient (Wildman–Crippen LogP) is 3.62. The monoisotopic (exact) mass is 243 g/mol. The quantitative estimate of drug-likeness (QED) is 0.892. The summed E-state index contributed by atoms with van der Waals surface area (Å²) in [7, 11) is 0. The largest absolute Gasteiger partial charge is 0.353 e. The fourth-order valence-electron chi connectivity index (χ4n) is 1.93. The third-order valence-electron chi connectivity index (χ3n) is 3.01. The minimum atomic E-state index is 0.372. The summed E-state index contributed by atoms with van der Waals surface area (Å²) in [5.74, 6) is 0.908. The highest BCUT2D eigenvalue weighted by Gasteiger charge is 2.09. The van der Waals surface area contributed by atoms with E-state index in [1.165, 1.54) is 11.1 Å². The highest BCUT2D eigenvalue weighted by atomic mass is 15.2. The molecule has 3 heteroatoms. The van der Waals surface area contributed by atoms with Crippen LogP contribution in [0.5, 0.6) is 0 Å². The van der Waals surface area contributed by atoms with Crippen LogP contribution in [-0.2, 0) is 0 Å². The Morgan fingerprint density at radius 3 is 2.44 bits per heavy atom. The van der Waals surface area contributed by atoms with Crippen molar-refractivity contribution in [1.82, 2.24) is 9.55 Å². The molecule has 0 spiro atoms. The summed E-state index contributed by atoms with van der Waals surface area (Å²) in [4.78, 5) is 4.53. The Balaban J connectivity index is 2.45. The minimum Gasteiger partial charge on any atom is -0.353 e. The van der Waals surface area contributed by atoms with Gasteiger partial charge in [0.2, 0.25) is 5.95 Å². The van der Waals surface area contributed by atoms with Gasteiger partial charge in [0.25, 0.3) is 0 Å². The standard InChI is InChI=1S/C15H21N3/c1-10(2)16-15-17-13(5)9-18(15)14-7-6-11(3)12(4)8-14/h6-10H,1-5H3,(H,16,17). The summed E-state index contributed by atoms with van der Waals surface area (Å²) in [6, 6.07) is 6.85. The van der Waals surface area contributed by atoms with Gasteiger partial charge in [0.15, 0.2) is 0 Å². The van der Waals surface area contributed by atoms with Crippen molar-refractivity contribution >= 4 is 5.95 Å². The van der Waals surface area contributed by atoms with E-state index in [9.17, 15) is 0 Å². The van der Waals surface area contributed by atoms with Gasteiger partial charge >= 0.3 is 0 Å². The van der Waals surface area contributed by atoms with Crippen LogP contribution in [0.2, 0.25) is 0 Å². The molecule has 2 aromatic rings. The Morgan fingerprint density at radius 2 is 1.83 bits per heavy atom. The number of anilines is 1. The van der Waals surface area contributed by atoms with Crippen LogP contribution in [0.1, 0.15) is 30.7 Å². The van der Waals surface area contributed by atoms with E-state index in [1.54, 1.807) is 0 Å². The lowest BCUT2D eigenvalue weighted by Crippen LogP contribution is -2.14. The topological polar surface area (TPSA) is 29.9 Å². The van der Waals surface area contributed by atoms with Crippen molar-refractivity contribution in [3.8, 4) is 5.69 Å². The number of nitrogens with one attached hydrogen (secondary N) is 1. The van der Waals surface area contributed by atoms with E-state index in [0.29, 0.717) is 6.04 Å². The Hall–Kier alpha value is -1.77. The lowest BCUT2D eigenvalue weighted by molar-refractivity contribution is 0.863. The van der Waals surface area contributed by atoms with E-state index in [-0.39, 0.29) is 0 Å². The van der Waals surface area contributed by atoms with Gasteiger partial charge in [-0.25, -0.2) is 4.98 Å². The number of benzene rings is 1. The molecular formula is C15H21N3. The maximum atomic E-state index is 4.53. The molecule has 96 valence electrons. The molecule has 0 fully saturated rings. The van der Waals surface area contributed by atoms with Gasteiger partial charge in [-0.1, -0.05) is 6.07 Å². The molecule has 2 rings (SSSR count). The Morgan fingerprint density at radius 1 is 1.11 bits per heavy atom. The molecule has 0 unspecified atom stereocenters. The van der Waals surface area contributed by atoms with Crippen molar-refractivity contribution in [3.63, 3.8) is 0 Å². The molecule has 0 saturated carbocycles. The summed E-state index contributed by atoms with van der Waals surface area (Å²) in [5.41, 5.74) is 4.79. The van der Waals surface area contributed by atoms with Gasteiger partial charge in [-0.2, -0.15) is 0 Å². The first-order chi connectivity index (χ1) is 8.47. The van der Waals surface area contributed by atoms with Crippen molar-refractivity contribution in [2.24, 2.45) is 0 Å². The second-order valence-corrected chi connectivity index (χ2v) is 5.14. The first-order valence-corrected chi connectivity index (χ1v) is 6.37. The second kappa shape index (κ2) is 4.84. The van der Waals surface area contributed by atoms with Crippen molar-refractivity contribution in [2.45, 2.75) is 40.7 Å². The first-order valence-electron chi connectivity index (χ1n) is 6.37. The van der Waals surface area contributed by atoms with Gasteiger partial charge in [0.05, 0.1) is 5.69 Å². The van der Waals surface area contributed by atoms with Crippen molar-refractivity contribution in [3.05, 3.63) is 41.2 Å². The number of aryl methyl sites for hydroxylation is 3. The van der Waals surface area contributed by atoms with Gasteiger partial charge in [-0.3, -0.25) is 4.57 Å². The van der Waals surface area contributed by atoms with Crippen molar-refractivity contribution in [2.75, 3.05) is 5.32 Å². The predicted molar refractivity (Wildman–Crippen MR) is 76.5 cm³/mol. The molecule has 1 aromatic heterocycles. The van der Waals surface area contributed by atoms with E-state index in [1.807, 2.05) is 6.92 Å². The lowest BCUT2D eigenvalue weighted by Gasteiger charge is -2.13. The number of hydrogen-bond donors (Lipinski definition) is 1. The zero-order valence-corrected chi connectivity index (χ0v) is 11.8. The number of nitrogens with zero attached hydrogens (tertiary/aromatic N) is 2. The normalized spacial score (nSPS) is 11.0. The molecule has 1 N–H and O–H groups in total. The van der Waals surface area contributed by atoms with Gasteiger partial charge in [0.1, 0.15) is 0 Å². The van der Waals surface area contributed by atoms with Gasteiger partial charge in [-0.05, 0) is 57.9 Å². The molecule has 18 heavy (non-hydrogen) atoms. The van der Waals surface area contributed by atoms with Crippen LogP contribution in [0.3, 0.4) is 0 Å². The second-order valence-electron chi connectivity index (χ2n) is 5.14. The van der Waals surface area contributed by atoms with Crippen LogP contribution < -0.4 is 5.32 Å². The Bertz CT molecular complexity index is 553. The van der Waals surface area contributed by atoms with Gasteiger partial charge in [0, 0.05) is 17.9 Å². The number of imidazole rings is 1. The Labute approximate surface area is 109 Å². The SMILES string of the molecule is Cc1cn(-c2ccc(C)c(C)c2)c(NC(C)C)n1. The fourth-order valence-corrected chi connectivity index (χ4v) is 1.93. The molecular weight excluding hydrogens is 222 g/mol. The molecule has 0 atom stereocenters. The van der Waals surface area contributed by atoms with Gasteiger partial charge in [-0.15, -0.1) is 0 Å². The van der Waals surface area contributed by atoms with E-state index < -0.39 is 0 Å². The molecule has 0 aliphatic heterocycles. The number of hydrogen-bond acceptors (Lipinski definition) is 2. The molecule has 3 nitrogen and oxygen atoms in total. The average molecular weight is 243 g/mol. The Kier molecular flexibility index (Phi) is 3.41. The van der Waals surface area contributed by atoms with Crippen molar-refractivity contribution in [1.29, 1.82) is 0 Å². The molecule has 1 aromatic carbocycles. The molecule has 1 heterocycles. The number of aromatic nitrogens is 2. The third kappa shape index (κ3) is 2.55. The molecule has 0 amide bonds. The van der Waals surface area contributed by atoms with Crippen LogP contribution >= 0.6 is 0 Å². The van der Waals surface area contributed by atoms with Crippen LogP contribution in [0.15, 0.2) is 24.4 Å². The highest BCUT2D eigenvalue weighted by Crippen LogP contribution is 2.19. The zero-order valence-electron chi connectivity index (χ0n) is 11.8. The lowest BCUT2D eigenvalue weighted by atomic mass is 10.1. The van der Waals surface area contributed by atoms with E-state index in [2.05, 4.69) is 67.0 Å². The van der Waals surface area contributed by atoms with E-state index >= 15 is 0 Å². The molecule has 0 bridgehead atoms. The maximum Gasteiger partial charge on any atom is 0.207 e. The van der Waals surface area contributed by atoms with Crippen LogP contribution in [0.25, 0.3) is 5.69 Å². The first kappa shape index (κ1) is 12.7. The molecule has 0 aliphatic rings. The molecule has 0 saturated heterocycles. The van der Waals surface area contributed by atoms with Crippen LogP contribution in [0, 0.1) is 20.8 Å². The summed E-state index contributed by atoms with van der Waals surface area (Å²) in [6.07, 6.45) is 2.06. The smallest absolute Gasteiger partial charge is 0.207 e. The minimum absolute atomic E-state index is 0.372. The summed E-state index contributed by atoms with van der Waals surface area (Å²) in [6.45, 7) is 10.5. The molecule has 0 aliphatic carbocycles. The van der Waals surface area contributed by atoms with Crippen LogP contribution in [0.4, 0.5) is 5.95 Å². The van der Waals surface area contributed by atoms with E-state index in [4.69, 9.17) is 0 Å². The highest BCUT2D eigenvalue weighted by molar-refractivity contribution is 5.46. The average Bonchev–Trinajstić information content (AvgIpc) is 2.62. The molecule has 0 radical (unpaired) electrons. The summed E-state index contributed by atoms with van der Waals surface area (Å²) in [5, 5.41) is 3.38. The zero-order chi connectivity index (χ0) is 13.3. The van der Waals surface area contributed by atoms with Crippen molar-refractivity contribution < 1.29 is 0 Å². The summed E-state index contributed by atoms with van der Waals surface area (Å²) >= 11 is 0. The fraction of sp³-hybridized carbons (Fsp3) is 0.400. The van der Waals surface area contributed by atoms with Gasteiger partial charge < -0.3 is 5.32 Å². The van der Waals surface area contributed by atoms with E-state index in [0.717, 1.165) is 17.3 Å². The summed E-state index contributed by atoms with van der Waals surface area (Å²) < 4.78 is 2.11.